The third kappa shape index (κ3) is 4.67. The predicted molar refractivity (Wildman–Crippen MR) is 127 cm³/mol. The quantitative estimate of drug-likeness (QED) is 0.592. The van der Waals surface area contributed by atoms with Crippen molar-refractivity contribution >= 4 is 34.2 Å². The van der Waals surface area contributed by atoms with E-state index >= 15 is 0 Å². The van der Waals surface area contributed by atoms with Crippen LogP contribution in [0.5, 0.6) is 0 Å². The van der Waals surface area contributed by atoms with Crippen molar-refractivity contribution in [1.29, 1.82) is 5.26 Å². The summed E-state index contributed by atoms with van der Waals surface area (Å²) in [5, 5.41) is 10.1. The molecule has 31 heavy (non-hydrogen) atoms. The van der Waals surface area contributed by atoms with Crippen LogP contribution in [0.2, 0.25) is 0 Å². The van der Waals surface area contributed by atoms with Gasteiger partial charge in [-0.05, 0) is 68.6 Å². The summed E-state index contributed by atoms with van der Waals surface area (Å²) in [5.41, 5.74) is 4.40. The van der Waals surface area contributed by atoms with E-state index in [-0.39, 0.29) is 5.91 Å². The van der Waals surface area contributed by atoms with Gasteiger partial charge in [0, 0.05) is 13.1 Å². The van der Waals surface area contributed by atoms with Gasteiger partial charge in [-0.25, -0.2) is 4.99 Å². The molecule has 2 heterocycles. The Morgan fingerprint density at radius 1 is 1.10 bits per heavy atom. The maximum Gasteiger partial charge on any atom is 0.266 e. The second-order valence-electron chi connectivity index (χ2n) is 8.07. The Morgan fingerprint density at radius 2 is 1.84 bits per heavy atom. The average Bonchev–Trinajstić information content (AvgIpc) is 3.10. The zero-order valence-corrected chi connectivity index (χ0v) is 18.8. The number of amides is 1. The van der Waals surface area contributed by atoms with Crippen LogP contribution < -0.4 is 4.90 Å². The first-order valence-corrected chi connectivity index (χ1v) is 11.5. The molecule has 0 radical (unpaired) electrons. The van der Waals surface area contributed by atoms with E-state index in [0.29, 0.717) is 17.3 Å². The normalized spacial score (nSPS) is 17.9. The highest BCUT2D eigenvalue weighted by molar-refractivity contribution is 8.18. The number of amidine groups is 1. The molecule has 0 aliphatic carbocycles. The van der Waals surface area contributed by atoms with Crippen LogP contribution in [0.15, 0.2) is 64.0 Å². The smallest absolute Gasteiger partial charge is 0.266 e. The van der Waals surface area contributed by atoms with Gasteiger partial charge in [0.05, 0.1) is 34.5 Å². The van der Waals surface area contributed by atoms with E-state index in [1.165, 1.54) is 18.2 Å². The van der Waals surface area contributed by atoms with Crippen molar-refractivity contribution < 1.29 is 4.79 Å². The molecule has 0 unspecified atom stereocenters. The summed E-state index contributed by atoms with van der Waals surface area (Å²) in [6.45, 7) is 6.36. The summed E-state index contributed by atoms with van der Waals surface area (Å²) in [6.07, 6.45) is 3.56. The number of allylic oxidation sites excluding steroid dienone is 1. The molecule has 1 amide bonds. The Balaban J connectivity index is 1.76. The molecule has 5 nitrogen and oxygen atoms in total. The Labute approximate surface area is 188 Å². The zero-order chi connectivity index (χ0) is 21.8. The van der Waals surface area contributed by atoms with Gasteiger partial charge in [-0.1, -0.05) is 35.9 Å². The average molecular weight is 431 g/mol. The molecule has 2 fully saturated rings. The molecule has 6 heteroatoms. The van der Waals surface area contributed by atoms with Crippen molar-refractivity contribution in [2.75, 3.05) is 18.0 Å². The van der Waals surface area contributed by atoms with Gasteiger partial charge in [0.1, 0.15) is 0 Å². The van der Waals surface area contributed by atoms with Gasteiger partial charge in [0.2, 0.25) is 0 Å². The van der Waals surface area contributed by atoms with Crippen LogP contribution >= 0.6 is 11.8 Å². The lowest BCUT2D eigenvalue weighted by Gasteiger charge is -2.30. The minimum Gasteiger partial charge on any atom is -0.370 e. The lowest BCUT2D eigenvalue weighted by Crippen LogP contribution is -2.30. The third-order valence-electron chi connectivity index (χ3n) is 5.52. The van der Waals surface area contributed by atoms with Crippen LogP contribution in [-0.2, 0) is 11.3 Å². The van der Waals surface area contributed by atoms with Gasteiger partial charge in [-0.15, -0.1) is 0 Å². The van der Waals surface area contributed by atoms with E-state index in [0.717, 1.165) is 53.3 Å². The molecule has 2 aliphatic rings. The lowest BCUT2D eigenvalue weighted by molar-refractivity contribution is -0.122. The molecule has 4 rings (SSSR count). The number of piperidine rings is 1. The SMILES string of the molecule is CC(C)=C1SC(=Nc2cc(C#N)ccc2N2CCCCC2)N(Cc2ccccc2)C1=O. The summed E-state index contributed by atoms with van der Waals surface area (Å²) in [4.78, 5) is 22.9. The monoisotopic (exact) mass is 430 g/mol. The summed E-state index contributed by atoms with van der Waals surface area (Å²) in [5.74, 6) is -0.0106. The van der Waals surface area contributed by atoms with Gasteiger partial charge in [0.25, 0.3) is 5.91 Å². The van der Waals surface area contributed by atoms with Crippen molar-refractivity contribution in [2.45, 2.75) is 39.7 Å². The number of thioether (sulfide) groups is 1. The first kappa shape index (κ1) is 21.2. The molecule has 0 saturated carbocycles. The van der Waals surface area contributed by atoms with Crippen molar-refractivity contribution in [2.24, 2.45) is 4.99 Å². The zero-order valence-electron chi connectivity index (χ0n) is 18.0. The Hall–Kier alpha value is -3.04. The second-order valence-corrected chi connectivity index (χ2v) is 9.04. The fourth-order valence-corrected chi connectivity index (χ4v) is 4.88. The van der Waals surface area contributed by atoms with E-state index in [1.807, 2.05) is 62.4 Å². The first-order chi connectivity index (χ1) is 15.1. The molecule has 2 aromatic rings. The molecule has 0 aromatic heterocycles. The standard InChI is InChI=1S/C25H26N4OS/c1-18(2)23-24(30)29(17-19-9-5-3-6-10-19)25(31-23)27-21-15-20(16-26)11-12-22(21)28-13-7-4-8-14-28/h3,5-6,9-12,15H,4,7-8,13-14,17H2,1-2H3. The molecule has 0 bridgehead atoms. The van der Waals surface area contributed by atoms with E-state index in [9.17, 15) is 10.1 Å². The van der Waals surface area contributed by atoms with Gasteiger partial charge in [0.15, 0.2) is 5.17 Å². The maximum atomic E-state index is 13.2. The van der Waals surface area contributed by atoms with Crippen LogP contribution in [0.25, 0.3) is 0 Å². The molecule has 2 saturated heterocycles. The highest BCUT2D eigenvalue weighted by Gasteiger charge is 2.34. The van der Waals surface area contributed by atoms with Crippen molar-refractivity contribution in [1.82, 2.24) is 4.90 Å². The molecular weight excluding hydrogens is 404 g/mol. The van der Waals surface area contributed by atoms with Crippen LogP contribution in [0.4, 0.5) is 11.4 Å². The minimum atomic E-state index is -0.0106. The Bertz CT molecular complexity index is 1070. The molecule has 158 valence electrons. The Morgan fingerprint density at radius 3 is 2.52 bits per heavy atom. The number of benzene rings is 2. The number of aliphatic imine (C=N–C) groups is 1. The number of carbonyl (C=O) groups excluding carboxylic acids is 1. The molecular formula is C25H26N4OS. The molecule has 2 aliphatic heterocycles. The van der Waals surface area contributed by atoms with Crippen LogP contribution in [0.3, 0.4) is 0 Å². The summed E-state index contributed by atoms with van der Waals surface area (Å²) in [6, 6.07) is 17.9. The fraction of sp³-hybridized carbons (Fsp3) is 0.320. The molecule has 0 spiro atoms. The number of rotatable bonds is 4. The number of anilines is 1. The summed E-state index contributed by atoms with van der Waals surface area (Å²) in [7, 11) is 0. The van der Waals surface area contributed by atoms with Crippen LogP contribution in [0.1, 0.15) is 44.2 Å². The second kappa shape index (κ2) is 9.40. The first-order valence-electron chi connectivity index (χ1n) is 10.7. The topological polar surface area (TPSA) is 59.7 Å². The number of nitrogens with zero attached hydrogens (tertiary/aromatic N) is 4. The van der Waals surface area contributed by atoms with E-state index in [4.69, 9.17) is 4.99 Å². The molecule has 2 aromatic carbocycles. The van der Waals surface area contributed by atoms with Gasteiger partial charge in [-0.3, -0.25) is 9.69 Å². The van der Waals surface area contributed by atoms with Crippen LogP contribution in [-0.4, -0.2) is 29.1 Å². The van der Waals surface area contributed by atoms with Crippen molar-refractivity contribution in [3.63, 3.8) is 0 Å². The minimum absolute atomic E-state index is 0.0106. The fourth-order valence-electron chi connectivity index (χ4n) is 3.89. The largest absolute Gasteiger partial charge is 0.370 e. The summed E-state index contributed by atoms with van der Waals surface area (Å²) >= 11 is 1.42. The Kier molecular flexibility index (Phi) is 6.43. The van der Waals surface area contributed by atoms with Gasteiger partial charge < -0.3 is 4.90 Å². The van der Waals surface area contributed by atoms with Crippen LogP contribution in [0, 0.1) is 11.3 Å². The number of carbonyl (C=O) groups is 1. The van der Waals surface area contributed by atoms with Crippen molar-refractivity contribution in [3.8, 4) is 6.07 Å². The van der Waals surface area contributed by atoms with E-state index in [1.54, 1.807) is 4.90 Å². The lowest BCUT2D eigenvalue weighted by atomic mass is 10.1. The van der Waals surface area contributed by atoms with Gasteiger partial charge >= 0.3 is 0 Å². The van der Waals surface area contributed by atoms with Crippen molar-refractivity contribution in [3.05, 3.63) is 70.1 Å². The third-order valence-corrected chi connectivity index (χ3v) is 6.80. The summed E-state index contributed by atoms with van der Waals surface area (Å²) < 4.78 is 0. The predicted octanol–water partition coefficient (Wildman–Crippen LogP) is 5.61. The molecule has 0 N–H and O–H groups in total. The number of hydrogen-bond acceptors (Lipinski definition) is 5. The van der Waals surface area contributed by atoms with E-state index < -0.39 is 0 Å². The number of hydrogen-bond donors (Lipinski definition) is 0. The van der Waals surface area contributed by atoms with E-state index in [2.05, 4.69) is 11.0 Å². The maximum absolute atomic E-state index is 13.2. The number of nitriles is 1. The molecule has 0 atom stereocenters. The highest BCUT2D eigenvalue weighted by atomic mass is 32.2. The highest BCUT2D eigenvalue weighted by Crippen LogP contribution is 2.38. The van der Waals surface area contributed by atoms with Gasteiger partial charge in [-0.2, -0.15) is 5.26 Å².